The van der Waals surface area contributed by atoms with Crippen LogP contribution in [0.5, 0.6) is 5.75 Å². The molecular formula is C24H24ClF2N5O3. The zero-order valence-electron chi connectivity index (χ0n) is 19.1. The average molecular weight is 504 g/mol. The second kappa shape index (κ2) is 9.88. The lowest BCUT2D eigenvalue weighted by Crippen LogP contribution is -2.44. The van der Waals surface area contributed by atoms with Gasteiger partial charge in [-0.25, -0.2) is 18.7 Å². The van der Waals surface area contributed by atoms with Gasteiger partial charge in [-0.15, -0.1) is 0 Å². The van der Waals surface area contributed by atoms with E-state index in [0.717, 1.165) is 0 Å². The van der Waals surface area contributed by atoms with E-state index in [1.807, 2.05) is 4.90 Å². The Labute approximate surface area is 205 Å². The summed E-state index contributed by atoms with van der Waals surface area (Å²) in [4.78, 5) is 25.7. The summed E-state index contributed by atoms with van der Waals surface area (Å²) in [7, 11) is 1.37. The normalized spacial score (nSPS) is 16.6. The van der Waals surface area contributed by atoms with E-state index < -0.39 is 17.5 Å². The van der Waals surface area contributed by atoms with Crippen LogP contribution in [-0.4, -0.2) is 80.4 Å². The predicted molar refractivity (Wildman–Crippen MR) is 128 cm³/mol. The number of benzene rings is 2. The van der Waals surface area contributed by atoms with Gasteiger partial charge in [0.2, 0.25) is 5.82 Å². The molecule has 184 valence electrons. The van der Waals surface area contributed by atoms with Gasteiger partial charge in [0.05, 0.1) is 30.9 Å². The second-order valence-corrected chi connectivity index (χ2v) is 8.68. The SMILES string of the molecule is COc1cccc(F)c1-c1c(Cl)cc2c(N3CCNCC3)nc(C(=O)N3CCOCC3)nc2c1F. The van der Waals surface area contributed by atoms with Crippen LogP contribution >= 0.6 is 11.6 Å². The first kappa shape index (κ1) is 23.7. The van der Waals surface area contributed by atoms with Crippen molar-refractivity contribution in [1.82, 2.24) is 20.2 Å². The Balaban J connectivity index is 1.74. The highest BCUT2D eigenvalue weighted by molar-refractivity contribution is 6.34. The van der Waals surface area contributed by atoms with E-state index in [9.17, 15) is 9.18 Å². The number of halogens is 3. The van der Waals surface area contributed by atoms with E-state index >= 15 is 4.39 Å². The number of carbonyl (C=O) groups excluding carboxylic acids is 1. The van der Waals surface area contributed by atoms with Gasteiger partial charge in [0.15, 0.2) is 5.82 Å². The summed E-state index contributed by atoms with van der Waals surface area (Å²) in [6.45, 7) is 4.24. The second-order valence-electron chi connectivity index (χ2n) is 8.27. The molecule has 0 radical (unpaired) electrons. The molecule has 5 rings (SSSR count). The average Bonchev–Trinajstić information content (AvgIpc) is 2.89. The third kappa shape index (κ3) is 4.37. The van der Waals surface area contributed by atoms with Gasteiger partial charge < -0.3 is 24.6 Å². The topological polar surface area (TPSA) is 79.8 Å². The molecule has 0 spiro atoms. The molecule has 2 aliphatic rings. The fourth-order valence-corrected chi connectivity index (χ4v) is 4.73. The van der Waals surface area contributed by atoms with Crippen molar-refractivity contribution in [3.63, 3.8) is 0 Å². The number of nitrogens with zero attached hydrogens (tertiary/aromatic N) is 4. The number of methoxy groups -OCH3 is 1. The van der Waals surface area contributed by atoms with Crippen LogP contribution in [0.25, 0.3) is 22.0 Å². The summed E-state index contributed by atoms with van der Waals surface area (Å²) >= 11 is 6.54. The fraction of sp³-hybridized carbons (Fsp3) is 0.375. The first-order valence-corrected chi connectivity index (χ1v) is 11.7. The Morgan fingerprint density at radius 3 is 2.57 bits per heavy atom. The van der Waals surface area contributed by atoms with E-state index in [1.165, 1.54) is 31.4 Å². The van der Waals surface area contributed by atoms with Gasteiger partial charge in [-0.3, -0.25) is 4.79 Å². The van der Waals surface area contributed by atoms with Crippen molar-refractivity contribution < 1.29 is 23.0 Å². The van der Waals surface area contributed by atoms with Crippen LogP contribution in [0.4, 0.5) is 14.6 Å². The van der Waals surface area contributed by atoms with Crippen molar-refractivity contribution in [3.05, 3.63) is 46.7 Å². The number of hydrogen-bond acceptors (Lipinski definition) is 7. The number of nitrogens with one attached hydrogen (secondary N) is 1. The minimum absolute atomic E-state index is 0.00867. The summed E-state index contributed by atoms with van der Waals surface area (Å²) in [5, 5.41) is 3.61. The van der Waals surface area contributed by atoms with Crippen molar-refractivity contribution >= 4 is 34.2 Å². The summed E-state index contributed by atoms with van der Waals surface area (Å²) in [6, 6.07) is 5.73. The maximum atomic E-state index is 16.2. The zero-order chi connectivity index (χ0) is 24.5. The lowest BCUT2D eigenvalue weighted by atomic mass is 10.0. The number of hydrogen-bond donors (Lipinski definition) is 1. The van der Waals surface area contributed by atoms with Crippen LogP contribution in [0.15, 0.2) is 24.3 Å². The first-order chi connectivity index (χ1) is 17.0. The van der Waals surface area contributed by atoms with E-state index in [4.69, 9.17) is 21.1 Å². The van der Waals surface area contributed by atoms with Crippen LogP contribution in [0.1, 0.15) is 10.6 Å². The molecule has 0 atom stereocenters. The number of amides is 1. The van der Waals surface area contributed by atoms with Crippen molar-refractivity contribution in [2.75, 3.05) is 64.5 Å². The lowest BCUT2D eigenvalue weighted by molar-refractivity contribution is 0.0295. The molecule has 8 nitrogen and oxygen atoms in total. The van der Waals surface area contributed by atoms with Gasteiger partial charge >= 0.3 is 0 Å². The van der Waals surface area contributed by atoms with Crippen molar-refractivity contribution in [1.29, 1.82) is 0 Å². The molecule has 3 aromatic rings. The molecule has 0 aliphatic carbocycles. The van der Waals surface area contributed by atoms with Crippen LogP contribution in [0, 0.1) is 11.6 Å². The maximum Gasteiger partial charge on any atom is 0.291 e. The zero-order valence-corrected chi connectivity index (χ0v) is 19.9. The molecule has 2 aromatic carbocycles. The summed E-state index contributed by atoms with van der Waals surface area (Å²) in [5.74, 6) is -1.52. The smallest absolute Gasteiger partial charge is 0.291 e. The Bertz CT molecular complexity index is 1280. The number of rotatable bonds is 4. The van der Waals surface area contributed by atoms with Gasteiger partial charge in [-0.1, -0.05) is 17.7 Å². The van der Waals surface area contributed by atoms with Crippen LogP contribution in [0.3, 0.4) is 0 Å². The van der Waals surface area contributed by atoms with E-state index in [-0.39, 0.29) is 33.2 Å². The van der Waals surface area contributed by atoms with Crippen LogP contribution in [-0.2, 0) is 4.74 Å². The third-order valence-corrected chi connectivity index (χ3v) is 6.51. The largest absolute Gasteiger partial charge is 0.496 e. The van der Waals surface area contributed by atoms with Crippen molar-refractivity contribution in [2.24, 2.45) is 0 Å². The third-order valence-electron chi connectivity index (χ3n) is 6.21. The molecule has 0 saturated carbocycles. The fourth-order valence-electron chi connectivity index (χ4n) is 4.45. The van der Waals surface area contributed by atoms with Gasteiger partial charge in [0.25, 0.3) is 5.91 Å². The highest BCUT2D eigenvalue weighted by Crippen LogP contribution is 2.42. The van der Waals surface area contributed by atoms with Crippen LogP contribution in [0.2, 0.25) is 5.02 Å². The molecular weight excluding hydrogens is 480 g/mol. The first-order valence-electron chi connectivity index (χ1n) is 11.3. The van der Waals surface area contributed by atoms with E-state index in [1.54, 1.807) is 4.90 Å². The maximum absolute atomic E-state index is 16.2. The number of carbonyl (C=O) groups is 1. The molecule has 11 heteroatoms. The highest BCUT2D eigenvalue weighted by Gasteiger charge is 2.28. The molecule has 0 bridgehead atoms. The molecule has 1 N–H and O–H groups in total. The molecule has 3 heterocycles. The van der Waals surface area contributed by atoms with Gasteiger partial charge in [-0.05, 0) is 18.2 Å². The standard InChI is InChI=1S/C24H24ClF2N5O3/c1-34-17-4-2-3-16(26)19(17)18-15(25)13-14-21(20(18)27)29-22(24(33)32-9-11-35-12-10-32)30-23(14)31-7-5-28-6-8-31/h2-4,13,28H,5-12H2,1H3. The van der Waals surface area contributed by atoms with Gasteiger partial charge in [0, 0.05) is 50.2 Å². The van der Waals surface area contributed by atoms with Gasteiger partial charge in [-0.2, -0.15) is 0 Å². The highest BCUT2D eigenvalue weighted by atomic mass is 35.5. The molecule has 2 saturated heterocycles. The molecule has 0 unspecified atom stereocenters. The van der Waals surface area contributed by atoms with Gasteiger partial charge in [0.1, 0.15) is 22.9 Å². The van der Waals surface area contributed by atoms with Crippen LogP contribution < -0.4 is 15.0 Å². The Morgan fingerprint density at radius 1 is 1.11 bits per heavy atom. The Morgan fingerprint density at radius 2 is 1.86 bits per heavy atom. The number of ether oxygens (including phenoxy) is 2. The number of fused-ring (bicyclic) bond motifs is 1. The minimum Gasteiger partial charge on any atom is -0.496 e. The summed E-state index contributed by atoms with van der Waals surface area (Å²) in [5.41, 5.74) is -0.388. The predicted octanol–water partition coefficient (Wildman–Crippen LogP) is 3.12. The van der Waals surface area contributed by atoms with Crippen molar-refractivity contribution in [3.8, 4) is 16.9 Å². The summed E-state index contributed by atoms with van der Waals surface area (Å²) in [6.07, 6.45) is 0. The number of anilines is 1. The molecule has 1 amide bonds. The van der Waals surface area contributed by atoms with E-state index in [2.05, 4.69) is 15.3 Å². The quantitative estimate of drug-likeness (QED) is 0.586. The number of morpholine rings is 1. The Hall–Kier alpha value is -3.08. The van der Waals surface area contributed by atoms with Crippen molar-refractivity contribution in [2.45, 2.75) is 0 Å². The minimum atomic E-state index is -0.842. The number of aromatic nitrogens is 2. The summed E-state index contributed by atoms with van der Waals surface area (Å²) < 4.78 is 41.7. The molecule has 2 fully saturated rings. The molecule has 1 aromatic heterocycles. The molecule has 2 aliphatic heterocycles. The number of piperazine rings is 1. The van der Waals surface area contributed by atoms with E-state index in [0.29, 0.717) is 63.7 Å². The molecule has 35 heavy (non-hydrogen) atoms. The Kier molecular flexibility index (Phi) is 6.68. The monoisotopic (exact) mass is 503 g/mol. The lowest BCUT2D eigenvalue weighted by Gasteiger charge is -2.30.